The van der Waals surface area contributed by atoms with Crippen molar-refractivity contribution in [3.63, 3.8) is 0 Å². The molecule has 1 saturated heterocycles. The smallest absolute Gasteiger partial charge is 0.253 e. The molecule has 198 valence electrons. The average Bonchev–Trinajstić information content (AvgIpc) is 3.23. The van der Waals surface area contributed by atoms with E-state index >= 15 is 0 Å². The molecular weight excluding hydrogens is 484 g/mol. The first-order valence-electron chi connectivity index (χ1n) is 13.2. The largest absolute Gasteiger partial charge is 0.341 e. The molecule has 1 aromatic heterocycles. The van der Waals surface area contributed by atoms with Gasteiger partial charge in [0.2, 0.25) is 5.95 Å². The van der Waals surface area contributed by atoms with Gasteiger partial charge in [-0.3, -0.25) is 4.79 Å². The van der Waals surface area contributed by atoms with E-state index in [1.54, 1.807) is 30.1 Å². The van der Waals surface area contributed by atoms with Crippen molar-refractivity contribution in [3.05, 3.63) is 95.6 Å². The van der Waals surface area contributed by atoms with E-state index in [1.165, 1.54) is 12.1 Å². The van der Waals surface area contributed by atoms with Crippen LogP contribution >= 0.6 is 0 Å². The molecular formula is C30H33F2N5O. The van der Waals surface area contributed by atoms with Gasteiger partial charge in [-0.2, -0.15) is 0 Å². The molecule has 6 nitrogen and oxygen atoms in total. The summed E-state index contributed by atoms with van der Waals surface area (Å²) in [6.45, 7) is 4.79. The van der Waals surface area contributed by atoms with Gasteiger partial charge in [-0.05, 0) is 67.9 Å². The molecule has 1 amide bonds. The number of fused-ring (bicyclic) bond motifs is 1. The van der Waals surface area contributed by atoms with E-state index in [-0.39, 0.29) is 11.8 Å². The second kappa shape index (κ2) is 11.7. The molecule has 1 unspecified atom stereocenters. The van der Waals surface area contributed by atoms with Crippen LogP contribution in [0.5, 0.6) is 0 Å². The molecule has 2 heterocycles. The molecule has 3 aromatic carbocycles. The zero-order chi connectivity index (χ0) is 26.5. The number of imidazole rings is 1. The monoisotopic (exact) mass is 517 g/mol. The second-order valence-electron chi connectivity index (χ2n) is 9.97. The third-order valence-electron chi connectivity index (χ3n) is 7.34. The molecule has 0 aliphatic carbocycles. The number of hydrogen-bond acceptors (Lipinski definition) is 4. The first-order chi connectivity index (χ1) is 18.5. The molecule has 38 heavy (non-hydrogen) atoms. The zero-order valence-electron chi connectivity index (χ0n) is 21.6. The Morgan fingerprint density at radius 2 is 1.76 bits per heavy atom. The molecule has 0 radical (unpaired) electrons. The fourth-order valence-corrected chi connectivity index (χ4v) is 5.18. The summed E-state index contributed by atoms with van der Waals surface area (Å²) in [7, 11) is 1.76. The van der Waals surface area contributed by atoms with Gasteiger partial charge in [0.05, 0.1) is 11.0 Å². The third-order valence-corrected chi connectivity index (χ3v) is 7.34. The Balaban J connectivity index is 1.25. The van der Waals surface area contributed by atoms with E-state index in [4.69, 9.17) is 4.98 Å². The van der Waals surface area contributed by atoms with Gasteiger partial charge in [-0.15, -0.1) is 0 Å². The van der Waals surface area contributed by atoms with Gasteiger partial charge >= 0.3 is 0 Å². The summed E-state index contributed by atoms with van der Waals surface area (Å²) in [6.07, 6.45) is 1.72. The Morgan fingerprint density at radius 3 is 2.55 bits per heavy atom. The lowest BCUT2D eigenvalue weighted by Gasteiger charge is -2.28. The first kappa shape index (κ1) is 25.9. The summed E-state index contributed by atoms with van der Waals surface area (Å²) < 4.78 is 27.8. The summed E-state index contributed by atoms with van der Waals surface area (Å²) in [5.41, 5.74) is 3.31. The minimum atomic E-state index is -0.862. The van der Waals surface area contributed by atoms with E-state index in [1.807, 2.05) is 42.5 Å². The molecule has 0 saturated carbocycles. The maximum atomic E-state index is 14.1. The fraction of sp³-hybridized carbons (Fsp3) is 0.333. The average molecular weight is 518 g/mol. The van der Waals surface area contributed by atoms with Crippen LogP contribution in [-0.2, 0) is 0 Å². The Hall–Kier alpha value is -3.78. The third kappa shape index (κ3) is 6.02. The number of carbonyl (C=O) groups excluding carboxylic acids is 1. The molecule has 1 aliphatic heterocycles. The highest BCUT2D eigenvalue weighted by Gasteiger charge is 2.23. The topological polar surface area (TPSA) is 55.5 Å². The number of benzene rings is 3. The van der Waals surface area contributed by atoms with Crippen LogP contribution in [0.3, 0.4) is 0 Å². The number of nitrogens with zero attached hydrogens (tertiary/aromatic N) is 4. The van der Waals surface area contributed by atoms with Gasteiger partial charge in [-0.1, -0.05) is 36.4 Å². The van der Waals surface area contributed by atoms with Crippen molar-refractivity contribution < 1.29 is 13.6 Å². The molecule has 0 spiro atoms. The highest BCUT2D eigenvalue weighted by molar-refractivity contribution is 5.94. The van der Waals surface area contributed by atoms with Crippen molar-refractivity contribution in [2.75, 3.05) is 51.2 Å². The number of likely N-dealkylation sites (N-methyl/N-ethyl adjacent to an activating group) is 1. The van der Waals surface area contributed by atoms with Crippen LogP contribution in [0.15, 0.2) is 72.8 Å². The molecule has 1 fully saturated rings. The Morgan fingerprint density at radius 1 is 0.974 bits per heavy atom. The van der Waals surface area contributed by atoms with Crippen molar-refractivity contribution in [1.82, 2.24) is 19.8 Å². The summed E-state index contributed by atoms with van der Waals surface area (Å²) in [5.74, 6) is -1.04. The van der Waals surface area contributed by atoms with Crippen molar-refractivity contribution in [3.8, 4) is 0 Å². The van der Waals surface area contributed by atoms with Gasteiger partial charge in [0.1, 0.15) is 0 Å². The summed E-state index contributed by atoms with van der Waals surface area (Å²) in [4.78, 5) is 27.5. The van der Waals surface area contributed by atoms with Crippen LogP contribution < -0.4 is 4.90 Å². The highest BCUT2D eigenvalue weighted by atomic mass is 19.2. The van der Waals surface area contributed by atoms with Crippen LogP contribution in [0.1, 0.15) is 34.7 Å². The number of para-hydroxylation sites is 2. The Kier molecular flexibility index (Phi) is 7.98. The molecule has 8 heteroatoms. The summed E-state index contributed by atoms with van der Waals surface area (Å²) in [5, 5.41) is 0. The summed E-state index contributed by atoms with van der Waals surface area (Å²) >= 11 is 0. The predicted molar refractivity (Wildman–Crippen MR) is 146 cm³/mol. The lowest BCUT2D eigenvalue weighted by atomic mass is 9.94. The van der Waals surface area contributed by atoms with E-state index in [0.717, 1.165) is 62.5 Å². The van der Waals surface area contributed by atoms with Gasteiger partial charge < -0.3 is 19.7 Å². The minimum absolute atomic E-state index is 0.0885. The van der Waals surface area contributed by atoms with Gasteiger partial charge in [-0.25, -0.2) is 13.8 Å². The van der Waals surface area contributed by atoms with Crippen molar-refractivity contribution in [2.45, 2.75) is 18.8 Å². The standard InChI is InChI=1S/C30H33F2N5O/c1-35(29(38)22-8-3-2-4-9-22)21-24(23-12-13-25(31)26(32)20-23)14-17-36-15-7-16-37(19-18-36)30-33-27-10-5-6-11-28(27)34-30/h2-6,8-13,20,24H,7,14-19,21H2,1H3,(H,33,34). The lowest BCUT2D eigenvalue weighted by Crippen LogP contribution is -2.35. The molecule has 1 N–H and O–H groups in total. The number of hydrogen-bond donors (Lipinski definition) is 1. The summed E-state index contributed by atoms with van der Waals surface area (Å²) in [6, 6.07) is 21.2. The molecule has 1 atom stereocenters. The van der Waals surface area contributed by atoms with Crippen molar-refractivity contribution >= 4 is 22.9 Å². The van der Waals surface area contributed by atoms with E-state index < -0.39 is 11.6 Å². The molecule has 5 rings (SSSR count). The molecule has 4 aromatic rings. The van der Waals surface area contributed by atoms with Gasteiger partial charge in [0.15, 0.2) is 11.6 Å². The van der Waals surface area contributed by atoms with Crippen molar-refractivity contribution in [1.29, 1.82) is 0 Å². The van der Waals surface area contributed by atoms with Gasteiger partial charge in [0, 0.05) is 44.7 Å². The number of aromatic nitrogens is 2. The number of nitrogens with one attached hydrogen (secondary N) is 1. The SMILES string of the molecule is CN(CC(CCN1CCCN(c2nc3ccccc3[nH]2)CC1)c1ccc(F)c(F)c1)C(=O)c1ccccc1. The second-order valence-corrected chi connectivity index (χ2v) is 9.97. The minimum Gasteiger partial charge on any atom is -0.341 e. The zero-order valence-corrected chi connectivity index (χ0v) is 21.6. The van der Waals surface area contributed by atoms with Crippen molar-refractivity contribution in [2.24, 2.45) is 0 Å². The first-order valence-corrected chi connectivity index (χ1v) is 13.2. The van der Waals surface area contributed by atoms with E-state index in [9.17, 15) is 13.6 Å². The normalized spacial score (nSPS) is 15.4. The number of anilines is 1. The Labute approximate surface area is 221 Å². The number of H-pyrrole nitrogens is 1. The van der Waals surface area contributed by atoms with Crippen LogP contribution in [-0.4, -0.2) is 72.0 Å². The maximum Gasteiger partial charge on any atom is 0.253 e. The number of rotatable bonds is 8. The number of aromatic amines is 1. The van der Waals surface area contributed by atoms with Crippen LogP contribution in [0.25, 0.3) is 11.0 Å². The lowest BCUT2D eigenvalue weighted by molar-refractivity contribution is 0.0782. The number of halogens is 2. The highest BCUT2D eigenvalue weighted by Crippen LogP contribution is 2.25. The quantitative estimate of drug-likeness (QED) is 0.345. The number of amides is 1. The van der Waals surface area contributed by atoms with Crippen LogP contribution in [0.4, 0.5) is 14.7 Å². The van der Waals surface area contributed by atoms with Crippen LogP contribution in [0.2, 0.25) is 0 Å². The molecule has 1 aliphatic rings. The molecule has 0 bridgehead atoms. The Bertz CT molecular complexity index is 1340. The van der Waals surface area contributed by atoms with Crippen LogP contribution in [0, 0.1) is 11.6 Å². The van der Waals surface area contributed by atoms with E-state index in [2.05, 4.69) is 14.8 Å². The predicted octanol–water partition coefficient (Wildman–Crippen LogP) is 5.30. The van der Waals surface area contributed by atoms with Gasteiger partial charge in [0.25, 0.3) is 5.91 Å². The number of carbonyl (C=O) groups is 1. The van der Waals surface area contributed by atoms with E-state index in [0.29, 0.717) is 17.7 Å². The maximum absolute atomic E-state index is 14.1. The fourth-order valence-electron chi connectivity index (χ4n) is 5.18.